The van der Waals surface area contributed by atoms with E-state index in [0.717, 1.165) is 60.2 Å². The summed E-state index contributed by atoms with van der Waals surface area (Å²) >= 11 is 0. The zero-order chi connectivity index (χ0) is 36.8. The van der Waals surface area contributed by atoms with E-state index in [1.54, 1.807) is 12.1 Å². The summed E-state index contributed by atoms with van der Waals surface area (Å²) in [6, 6.07) is 16.4. The van der Waals surface area contributed by atoms with Gasteiger partial charge in [0.2, 0.25) is 5.36 Å². The van der Waals surface area contributed by atoms with Crippen LogP contribution in [0.1, 0.15) is 63.7 Å². The summed E-state index contributed by atoms with van der Waals surface area (Å²) < 4.78 is 19.3. The molecule has 1 heterocycles. The number of aliphatic hydroxyl groups is 1. The van der Waals surface area contributed by atoms with E-state index in [1.807, 2.05) is 36.4 Å². The molecule has 282 valence electrons. The van der Waals surface area contributed by atoms with Gasteiger partial charge in [0, 0.05) is 72.7 Å². The lowest BCUT2D eigenvalue weighted by Crippen LogP contribution is -3.00. The average molecular weight is 739 g/mol. The maximum atomic E-state index is 12.7. The molecule has 0 spiro atoms. The number of ether oxygens (including phenoxy) is 2. The summed E-state index contributed by atoms with van der Waals surface area (Å²) in [6.07, 6.45) is 2.41. The molecule has 2 aromatic carbocycles. The Kier molecular flexibility index (Phi) is 16.9. The van der Waals surface area contributed by atoms with E-state index in [1.165, 1.54) is 6.07 Å². The highest BCUT2D eigenvalue weighted by molar-refractivity contribution is 6.08. The number of hydrogen-bond donors (Lipinski definition) is 4. The number of carboxylic acids is 1. The highest BCUT2D eigenvalue weighted by Gasteiger charge is 2.23. The third kappa shape index (κ3) is 10.9. The lowest BCUT2D eigenvalue weighted by molar-refractivity contribution is -0.145. The van der Waals surface area contributed by atoms with Crippen molar-refractivity contribution in [3.8, 4) is 22.5 Å². The van der Waals surface area contributed by atoms with Crippen LogP contribution in [-0.4, -0.2) is 87.3 Å². The Labute approximate surface area is 311 Å². The van der Waals surface area contributed by atoms with E-state index in [-0.39, 0.29) is 56.9 Å². The second-order valence-corrected chi connectivity index (χ2v) is 12.0. The van der Waals surface area contributed by atoms with Gasteiger partial charge in [-0.2, -0.15) is 0 Å². The van der Waals surface area contributed by atoms with Crippen molar-refractivity contribution in [2.45, 2.75) is 53.4 Å². The molecule has 0 saturated heterocycles. The van der Waals surface area contributed by atoms with Crippen molar-refractivity contribution in [2.75, 3.05) is 69.4 Å². The first kappa shape index (κ1) is 41.8. The molecule has 2 aromatic rings. The summed E-state index contributed by atoms with van der Waals surface area (Å²) in [4.78, 5) is 39.3. The van der Waals surface area contributed by atoms with Crippen molar-refractivity contribution in [3.05, 3.63) is 65.5 Å². The van der Waals surface area contributed by atoms with Gasteiger partial charge in [0.1, 0.15) is 31.0 Å². The highest BCUT2D eigenvalue weighted by atomic mass is 35.5. The second kappa shape index (κ2) is 21.0. The predicted molar refractivity (Wildman–Crippen MR) is 199 cm³/mol. The summed E-state index contributed by atoms with van der Waals surface area (Å²) in [7, 11) is 0. The number of urea groups is 1. The van der Waals surface area contributed by atoms with Crippen molar-refractivity contribution in [3.63, 3.8) is 0 Å². The van der Waals surface area contributed by atoms with E-state index < -0.39 is 12.0 Å². The van der Waals surface area contributed by atoms with E-state index in [2.05, 4.69) is 47.8 Å². The number of anilines is 2. The third-order valence-electron chi connectivity index (χ3n) is 8.79. The average Bonchev–Trinajstić information content (AvgIpc) is 3.13. The Bertz CT molecular complexity index is 1830. The topological polar surface area (TPSA) is 154 Å². The Morgan fingerprint density at radius 3 is 2.31 bits per heavy atom. The van der Waals surface area contributed by atoms with E-state index in [9.17, 15) is 19.5 Å². The largest absolute Gasteiger partial charge is 1.00 e. The van der Waals surface area contributed by atoms with Gasteiger partial charge >= 0.3 is 18.0 Å². The molecule has 1 aliphatic carbocycles. The fraction of sp³-hybridized carbons (Fsp3) is 0.436. The molecule has 0 unspecified atom stereocenters. The van der Waals surface area contributed by atoms with Crippen LogP contribution in [0.2, 0.25) is 0 Å². The number of halogens is 1. The number of nitrogens with zero attached hydrogens (tertiary/aromatic N) is 2. The first-order valence-electron chi connectivity index (χ1n) is 17.8. The van der Waals surface area contributed by atoms with Crippen LogP contribution in [0, 0.1) is 0 Å². The van der Waals surface area contributed by atoms with Gasteiger partial charge in [0.05, 0.1) is 24.8 Å². The number of aliphatic hydroxyl groups excluding tert-OH is 1. The van der Waals surface area contributed by atoms with Gasteiger partial charge in [-0.25, -0.2) is 14.2 Å². The van der Waals surface area contributed by atoms with Crippen molar-refractivity contribution >= 4 is 40.3 Å². The molecular weight excluding hydrogens is 688 g/mol. The molecule has 2 aliphatic rings. The number of hydrogen-bond acceptors (Lipinski definition) is 8. The van der Waals surface area contributed by atoms with Gasteiger partial charge in [-0.15, -0.1) is 0 Å². The van der Waals surface area contributed by atoms with Crippen LogP contribution in [0.3, 0.4) is 0 Å². The van der Waals surface area contributed by atoms with E-state index >= 15 is 0 Å². The van der Waals surface area contributed by atoms with Gasteiger partial charge in [0.15, 0.2) is 0 Å². The normalized spacial score (nSPS) is 10.9. The molecule has 4 N–H and O–H groups in total. The number of fused-ring (bicyclic) bond motifs is 2. The number of carbonyl (C=O) groups excluding carboxylic acids is 2. The minimum absolute atomic E-state index is 0. The number of nitrogens with one attached hydrogen (secondary N) is 2. The Balaban J connectivity index is 0.00000729. The maximum Gasteiger partial charge on any atom is 0.336 e. The molecule has 12 nitrogen and oxygen atoms in total. The van der Waals surface area contributed by atoms with Crippen LogP contribution in [0.5, 0.6) is 0 Å². The summed E-state index contributed by atoms with van der Waals surface area (Å²) in [5, 5.41) is 26.4. The van der Waals surface area contributed by atoms with Crippen molar-refractivity contribution < 1.29 is 50.9 Å². The predicted octanol–water partition coefficient (Wildman–Crippen LogP) is 2.80. The van der Waals surface area contributed by atoms with E-state index in [4.69, 9.17) is 19.0 Å². The van der Waals surface area contributed by atoms with Gasteiger partial charge < -0.3 is 52.0 Å². The molecule has 0 radical (unpaired) electrons. The molecule has 0 aromatic heterocycles. The molecule has 0 fully saturated rings. The Morgan fingerprint density at radius 1 is 0.865 bits per heavy atom. The van der Waals surface area contributed by atoms with Crippen LogP contribution in [0.15, 0.2) is 59.0 Å². The smallest absolute Gasteiger partial charge is 0.336 e. The Morgan fingerprint density at radius 2 is 1.62 bits per heavy atom. The zero-order valence-electron chi connectivity index (χ0n) is 30.5. The number of carbonyl (C=O) groups is 3. The van der Waals surface area contributed by atoms with E-state index in [0.29, 0.717) is 41.9 Å². The molecule has 13 heteroatoms. The van der Waals surface area contributed by atoms with Gasteiger partial charge in [-0.3, -0.25) is 4.79 Å². The van der Waals surface area contributed by atoms with Crippen LogP contribution in [0.4, 0.5) is 16.2 Å². The number of rotatable bonds is 19. The molecular formula is C39H51ClN4O8. The molecule has 0 bridgehead atoms. The molecule has 0 saturated carbocycles. The Hall–Kier alpha value is -4.65. The van der Waals surface area contributed by atoms with Gasteiger partial charge in [-0.05, 0) is 76.4 Å². The third-order valence-corrected chi connectivity index (χ3v) is 8.79. The number of benzene rings is 3. The molecule has 52 heavy (non-hydrogen) atoms. The molecule has 1 aliphatic heterocycles. The minimum Gasteiger partial charge on any atom is -1.00 e. The quantitative estimate of drug-likeness (QED) is 0.0493. The van der Waals surface area contributed by atoms with Crippen LogP contribution in [-0.2, 0) is 14.3 Å². The summed E-state index contributed by atoms with van der Waals surface area (Å²) in [6.45, 7) is 12.5. The fourth-order valence-corrected chi connectivity index (χ4v) is 6.10. The maximum absolute atomic E-state index is 12.7. The lowest BCUT2D eigenvalue weighted by atomic mass is 9.90. The fourth-order valence-electron chi connectivity index (χ4n) is 6.10. The molecule has 0 atom stereocenters. The molecule has 4 rings (SSSR count). The second-order valence-electron chi connectivity index (χ2n) is 12.0. The standard InChI is InChI=1S/C39H50N4O8.ClH/c1-5-42(6-2)28-14-17-31-34(25-28)51-35-26-29(43(7-3)8-4)15-18-32(35)37(31)30-16-13-27(24-33(30)38(46)47)41-39(48)40-19-21-49-22-23-50-36(45)12-10-9-11-20-44;/h13-18,24-26,44H,5-12,19-23H2,1-4H3,(H2,40,46,47,48);1H. The monoisotopic (exact) mass is 738 g/mol. The first-order valence-corrected chi connectivity index (χ1v) is 17.8. The highest BCUT2D eigenvalue weighted by Crippen LogP contribution is 2.42. The zero-order valence-corrected chi connectivity index (χ0v) is 31.3. The number of aromatic carboxylic acids is 1. The summed E-state index contributed by atoms with van der Waals surface area (Å²) in [5.41, 5.74) is 4.04. The summed E-state index contributed by atoms with van der Waals surface area (Å²) in [5.74, 6) is -0.792. The van der Waals surface area contributed by atoms with Gasteiger partial charge in [-0.1, -0.05) is 12.5 Å². The number of esters is 1. The van der Waals surface area contributed by atoms with Crippen molar-refractivity contribution in [2.24, 2.45) is 0 Å². The van der Waals surface area contributed by atoms with Crippen LogP contribution in [0.25, 0.3) is 33.4 Å². The number of unbranched alkanes of at least 4 members (excludes halogenated alkanes) is 2. The van der Waals surface area contributed by atoms with Crippen LogP contribution >= 0.6 is 0 Å². The van der Waals surface area contributed by atoms with Gasteiger partial charge in [0.25, 0.3) is 0 Å². The number of amides is 2. The SMILES string of the molecule is CCN(CC)c1ccc2c(-c3ccc(NC(=O)NCCOCCOC(=O)CCCCCO)cc3C(=O)O)c3ccc(=[N+](CC)CC)cc-3oc2c1.[Cl-]. The van der Waals surface area contributed by atoms with Crippen LogP contribution < -0.4 is 37.9 Å². The number of carboxylic acid groups (broad SMARTS) is 1. The minimum atomic E-state index is -1.13. The first-order chi connectivity index (χ1) is 24.7. The van der Waals surface area contributed by atoms with Crippen molar-refractivity contribution in [1.29, 1.82) is 0 Å². The van der Waals surface area contributed by atoms with Crippen molar-refractivity contribution in [1.82, 2.24) is 9.89 Å². The molecule has 2 amide bonds. The lowest BCUT2D eigenvalue weighted by Gasteiger charge is -2.22.